The number of carbonyl (C=O) groups excluding carboxylic acids is 1. The SMILES string of the molecule is CN(C(=O)c1cccs1)[C@@H]1C[C@H]2C=C[C@@H]1C2. The fraction of sp³-hybridized carbons (Fsp3) is 0.462. The van der Waals surface area contributed by atoms with E-state index in [0.717, 1.165) is 11.3 Å². The Balaban J connectivity index is 1.76. The van der Waals surface area contributed by atoms with Crippen molar-refractivity contribution in [3.05, 3.63) is 34.5 Å². The standard InChI is InChI=1S/C13H15NOS/c1-14(13(15)12-3-2-6-16-12)11-8-9-4-5-10(11)7-9/h2-6,9-11H,7-8H2,1H3/t9-,10+,11+/m0/s1. The lowest BCUT2D eigenvalue weighted by molar-refractivity contribution is 0.0714. The van der Waals surface area contributed by atoms with E-state index < -0.39 is 0 Å². The molecule has 3 atom stereocenters. The highest BCUT2D eigenvalue weighted by atomic mass is 32.1. The second-order valence-electron chi connectivity index (χ2n) is 4.74. The fourth-order valence-electron chi connectivity index (χ4n) is 2.92. The number of hydrogen-bond acceptors (Lipinski definition) is 2. The molecule has 2 nitrogen and oxygen atoms in total. The van der Waals surface area contributed by atoms with Gasteiger partial charge in [-0.1, -0.05) is 18.2 Å². The van der Waals surface area contributed by atoms with Crippen molar-refractivity contribution in [2.75, 3.05) is 7.05 Å². The maximum atomic E-state index is 12.2. The molecule has 3 rings (SSSR count). The van der Waals surface area contributed by atoms with Gasteiger partial charge in [-0.15, -0.1) is 11.3 Å². The minimum absolute atomic E-state index is 0.181. The van der Waals surface area contributed by atoms with E-state index in [-0.39, 0.29) is 5.91 Å². The van der Waals surface area contributed by atoms with Crippen LogP contribution < -0.4 is 0 Å². The monoisotopic (exact) mass is 233 g/mol. The van der Waals surface area contributed by atoms with Gasteiger partial charge in [0.25, 0.3) is 5.91 Å². The van der Waals surface area contributed by atoms with E-state index >= 15 is 0 Å². The van der Waals surface area contributed by atoms with Crippen molar-refractivity contribution in [2.45, 2.75) is 18.9 Å². The number of rotatable bonds is 2. The number of fused-ring (bicyclic) bond motifs is 2. The molecule has 2 bridgehead atoms. The van der Waals surface area contributed by atoms with Gasteiger partial charge in [0.15, 0.2) is 0 Å². The smallest absolute Gasteiger partial charge is 0.263 e. The Morgan fingerprint density at radius 2 is 2.31 bits per heavy atom. The van der Waals surface area contributed by atoms with E-state index in [0.29, 0.717) is 17.9 Å². The Morgan fingerprint density at radius 1 is 1.44 bits per heavy atom. The summed E-state index contributed by atoms with van der Waals surface area (Å²) in [6.45, 7) is 0. The highest BCUT2D eigenvalue weighted by Gasteiger charge is 2.39. The molecule has 0 aromatic carbocycles. The van der Waals surface area contributed by atoms with Gasteiger partial charge >= 0.3 is 0 Å². The van der Waals surface area contributed by atoms with Crippen molar-refractivity contribution >= 4 is 17.2 Å². The molecule has 16 heavy (non-hydrogen) atoms. The van der Waals surface area contributed by atoms with E-state index in [4.69, 9.17) is 0 Å². The summed E-state index contributed by atoms with van der Waals surface area (Å²) in [5.41, 5.74) is 0. The van der Waals surface area contributed by atoms with Gasteiger partial charge in [-0.05, 0) is 36.1 Å². The highest BCUT2D eigenvalue weighted by Crippen LogP contribution is 2.41. The molecule has 1 aromatic heterocycles. The third-order valence-electron chi connectivity index (χ3n) is 3.79. The van der Waals surface area contributed by atoms with Gasteiger partial charge in [0.1, 0.15) is 0 Å². The zero-order valence-corrected chi connectivity index (χ0v) is 10.1. The van der Waals surface area contributed by atoms with Crippen LogP contribution in [0.25, 0.3) is 0 Å². The summed E-state index contributed by atoms with van der Waals surface area (Å²) in [6.07, 6.45) is 6.99. The molecule has 1 amide bonds. The normalized spacial score (nSPS) is 30.9. The molecule has 1 saturated carbocycles. The van der Waals surface area contributed by atoms with Gasteiger partial charge < -0.3 is 4.90 Å². The lowest BCUT2D eigenvalue weighted by Gasteiger charge is -2.29. The summed E-state index contributed by atoms with van der Waals surface area (Å²) >= 11 is 1.53. The third kappa shape index (κ3) is 1.50. The summed E-state index contributed by atoms with van der Waals surface area (Å²) in [4.78, 5) is 15.0. The quantitative estimate of drug-likeness (QED) is 0.719. The van der Waals surface area contributed by atoms with Crippen LogP contribution in [0.5, 0.6) is 0 Å². The van der Waals surface area contributed by atoms with Gasteiger partial charge in [0, 0.05) is 13.1 Å². The van der Waals surface area contributed by atoms with Crippen LogP contribution in [0.4, 0.5) is 0 Å². The molecule has 0 aliphatic heterocycles. The maximum Gasteiger partial charge on any atom is 0.263 e. The summed E-state index contributed by atoms with van der Waals surface area (Å²) in [5, 5.41) is 1.96. The summed E-state index contributed by atoms with van der Waals surface area (Å²) < 4.78 is 0. The number of thiophene rings is 1. The third-order valence-corrected chi connectivity index (χ3v) is 4.65. The Kier molecular flexibility index (Phi) is 2.36. The van der Waals surface area contributed by atoms with Gasteiger partial charge in [0.2, 0.25) is 0 Å². The van der Waals surface area contributed by atoms with E-state index in [1.807, 2.05) is 29.5 Å². The second kappa shape index (κ2) is 3.74. The molecule has 0 unspecified atom stereocenters. The van der Waals surface area contributed by atoms with Crippen molar-refractivity contribution in [3.8, 4) is 0 Å². The van der Waals surface area contributed by atoms with Crippen LogP contribution in [0.15, 0.2) is 29.7 Å². The van der Waals surface area contributed by atoms with E-state index in [1.165, 1.54) is 17.8 Å². The first kappa shape index (κ1) is 10.1. The maximum absolute atomic E-state index is 12.2. The fourth-order valence-corrected chi connectivity index (χ4v) is 3.63. The van der Waals surface area contributed by atoms with Gasteiger partial charge in [-0.3, -0.25) is 4.79 Å². The molecule has 2 aliphatic carbocycles. The predicted octanol–water partition coefficient (Wildman–Crippen LogP) is 2.78. The Labute approximate surface area is 99.6 Å². The average molecular weight is 233 g/mol. The number of hydrogen-bond donors (Lipinski definition) is 0. The van der Waals surface area contributed by atoms with Gasteiger partial charge in [-0.2, -0.15) is 0 Å². The van der Waals surface area contributed by atoms with E-state index in [9.17, 15) is 4.79 Å². The van der Waals surface area contributed by atoms with Crippen molar-refractivity contribution in [1.29, 1.82) is 0 Å². The number of amides is 1. The molecular weight excluding hydrogens is 218 g/mol. The molecule has 84 valence electrons. The highest BCUT2D eigenvalue weighted by molar-refractivity contribution is 7.12. The first-order valence-electron chi connectivity index (χ1n) is 5.74. The molecule has 2 aliphatic rings. The topological polar surface area (TPSA) is 20.3 Å². The lowest BCUT2D eigenvalue weighted by Crippen LogP contribution is -2.39. The van der Waals surface area contributed by atoms with E-state index in [2.05, 4.69) is 12.2 Å². The second-order valence-corrected chi connectivity index (χ2v) is 5.69. The van der Waals surface area contributed by atoms with Gasteiger partial charge in [0.05, 0.1) is 4.88 Å². The molecule has 0 N–H and O–H groups in total. The zero-order valence-electron chi connectivity index (χ0n) is 9.30. The van der Waals surface area contributed by atoms with Crippen LogP contribution in [0.1, 0.15) is 22.5 Å². The minimum atomic E-state index is 0.181. The Morgan fingerprint density at radius 3 is 2.88 bits per heavy atom. The predicted molar refractivity (Wildman–Crippen MR) is 65.6 cm³/mol. The van der Waals surface area contributed by atoms with Crippen LogP contribution >= 0.6 is 11.3 Å². The molecule has 0 saturated heterocycles. The molecule has 0 radical (unpaired) electrons. The van der Waals surface area contributed by atoms with Crippen LogP contribution in [-0.2, 0) is 0 Å². The Bertz CT molecular complexity index is 423. The average Bonchev–Trinajstić information content (AvgIpc) is 3.02. The van der Waals surface area contributed by atoms with Crippen molar-refractivity contribution in [1.82, 2.24) is 4.90 Å². The van der Waals surface area contributed by atoms with Gasteiger partial charge in [-0.25, -0.2) is 0 Å². The lowest BCUT2D eigenvalue weighted by atomic mass is 10.0. The van der Waals surface area contributed by atoms with Crippen LogP contribution in [-0.4, -0.2) is 23.9 Å². The zero-order chi connectivity index (χ0) is 11.1. The molecule has 1 fully saturated rings. The molecule has 0 spiro atoms. The largest absolute Gasteiger partial charge is 0.337 e. The van der Waals surface area contributed by atoms with Crippen LogP contribution in [0.2, 0.25) is 0 Å². The molecular formula is C13H15NOS. The molecule has 1 heterocycles. The first-order valence-corrected chi connectivity index (χ1v) is 6.62. The van der Waals surface area contributed by atoms with Crippen molar-refractivity contribution in [2.24, 2.45) is 11.8 Å². The number of nitrogens with zero attached hydrogens (tertiary/aromatic N) is 1. The number of allylic oxidation sites excluding steroid dienone is 1. The van der Waals surface area contributed by atoms with Crippen molar-refractivity contribution in [3.63, 3.8) is 0 Å². The van der Waals surface area contributed by atoms with Crippen molar-refractivity contribution < 1.29 is 4.79 Å². The first-order chi connectivity index (χ1) is 7.75. The summed E-state index contributed by atoms with van der Waals surface area (Å²) in [5.74, 6) is 1.49. The van der Waals surface area contributed by atoms with Crippen LogP contribution in [0.3, 0.4) is 0 Å². The van der Waals surface area contributed by atoms with Crippen LogP contribution in [0, 0.1) is 11.8 Å². The minimum Gasteiger partial charge on any atom is -0.337 e. The summed E-state index contributed by atoms with van der Waals surface area (Å²) in [7, 11) is 1.95. The molecule has 3 heteroatoms. The summed E-state index contributed by atoms with van der Waals surface area (Å²) in [6, 6.07) is 4.27. The Hall–Kier alpha value is -1.09. The molecule has 1 aromatic rings. The van der Waals surface area contributed by atoms with E-state index in [1.54, 1.807) is 0 Å². The number of carbonyl (C=O) groups is 1.